The highest BCUT2D eigenvalue weighted by Gasteiger charge is 2.19. The normalized spacial score (nSPS) is 12.2. The summed E-state index contributed by atoms with van der Waals surface area (Å²) in [5, 5.41) is 0. The highest BCUT2D eigenvalue weighted by molar-refractivity contribution is 9.10. The van der Waals surface area contributed by atoms with Gasteiger partial charge in [-0.25, -0.2) is 4.39 Å². The maximum Gasteiger partial charge on any atom is 0.257 e. The van der Waals surface area contributed by atoms with E-state index in [-0.39, 0.29) is 6.42 Å². The van der Waals surface area contributed by atoms with Crippen LogP contribution in [0.2, 0.25) is 0 Å². The molecule has 1 aromatic carbocycles. The standard InChI is InChI=1S/C12H15BrFNO/c1-3-11(14)12(16)15(2)8-9-5-4-6-10(13)7-9/h4-7,11H,3,8H2,1-2H3. The highest BCUT2D eigenvalue weighted by Crippen LogP contribution is 2.14. The van der Waals surface area contributed by atoms with Crippen molar-refractivity contribution < 1.29 is 9.18 Å². The van der Waals surface area contributed by atoms with Gasteiger partial charge in [-0.1, -0.05) is 35.0 Å². The molecule has 0 radical (unpaired) electrons. The third-order valence-electron chi connectivity index (χ3n) is 2.31. The van der Waals surface area contributed by atoms with E-state index < -0.39 is 12.1 Å². The molecule has 0 heterocycles. The minimum absolute atomic E-state index is 0.224. The second kappa shape index (κ2) is 5.99. The van der Waals surface area contributed by atoms with Crippen LogP contribution in [0.15, 0.2) is 28.7 Å². The van der Waals surface area contributed by atoms with Crippen LogP contribution in [0.25, 0.3) is 0 Å². The molecular formula is C12H15BrFNO. The Bertz CT molecular complexity index is 370. The number of carbonyl (C=O) groups excluding carboxylic acids is 1. The molecule has 0 aliphatic carbocycles. The van der Waals surface area contributed by atoms with Crippen LogP contribution in [-0.4, -0.2) is 24.0 Å². The van der Waals surface area contributed by atoms with Crippen LogP contribution in [0, 0.1) is 0 Å². The number of carbonyl (C=O) groups is 1. The van der Waals surface area contributed by atoms with Gasteiger partial charge in [0.05, 0.1) is 0 Å². The lowest BCUT2D eigenvalue weighted by Crippen LogP contribution is -2.33. The van der Waals surface area contributed by atoms with Gasteiger partial charge in [-0.2, -0.15) is 0 Å². The first-order valence-corrected chi connectivity index (χ1v) is 5.97. The quantitative estimate of drug-likeness (QED) is 0.833. The molecule has 0 aliphatic heterocycles. The molecule has 0 spiro atoms. The smallest absolute Gasteiger partial charge is 0.257 e. The Morgan fingerprint density at radius 3 is 2.81 bits per heavy atom. The zero-order chi connectivity index (χ0) is 12.1. The van der Waals surface area contributed by atoms with Gasteiger partial charge >= 0.3 is 0 Å². The Kier molecular flexibility index (Phi) is 4.93. The van der Waals surface area contributed by atoms with Gasteiger partial charge in [0.2, 0.25) is 0 Å². The van der Waals surface area contributed by atoms with Crippen LogP contribution in [0.3, 0.4) is 0 Å². The Morgan fingerprint density at radius 1 is 1.56 bits per heavy atom. The fourth-order valence-corrected chi connectivity index (χ4v) is 1.85. The van der Waals surface area contributed by atoms with Crippen molar-refractivity contribution in [3.05, 3.63) is 34.3 Å². The number of halogens is 2. The first-order valence-electron chi connectivity index (χ1n) is 5.18. The molecule has 1 unspecified atom stereocenters. The molecule has 1 atom stereocenters. The Balaban J connectivity index is 2.64. The molecule has 4 heteroatoms. The van der Waals surface area contributed by atoms with E-state index in [0.29, 0.717) is 6.54 Å². The minimum atomic E-state index is -1.39. The molecule has 0 N–H and O–H groups in total. The second-order valence-corrected chi connectivity index (χ2v) is 4.62. The van der Waals surface area contributed by atoms with E-state index >= 15 is 0 Å². The topological polar surface area (TPSA) is 20.3 Å². The molecular weight excluding hydrogens is 273 g/mol. The average molecular weight is 288 g/mol. The van der Waals surface area contributed by atoms with Crippen molar-refractivity contribution in [2.75, 3.05) is 7.05 Å². The van der Waals surface area contributed by atoms with E-state index in [9.17, 15) is 9.18 Å². The molecule has 0 saturated heterocycles. The van der Waals surface area contributed by atoms with Crippen LogP contribution in [0.4, 0.5) is 4.39 Å². The lowest BCUT2D eigenvalue weighted by atomic mass is 10.2. The Morgan fingerprint density at radius 2 is 2.25 bits per heavy atom. The van der Waals surface area contributed by atoms with Crippen LogP contribution in [0.5, 0.6) is 0 Å². The van der Waals surface area contributed by atoms with E-state index in [1.54, 1.807) is 14.0 Å². The molecule has 0 bridgehead atoms. The molecule has 16 heavy (non-hydrogen) atoms. The third kappa shape index (κ3) is 3.59. The molecule has 88 valence electrons. The summed E-state index contributed by atoms with van der Waals surface area (Å²) in [4.78, 5) is 12.9. The van der Waals surface area contributed by atoms with Gasteiger partial charge in [-0.05, 0) is 24.1 Å². The molecule has 1 rings (SSSR count). The van der Waals surface area contributed by atoms with Crippen molar-refractivity contribution in [3.63, 3.8) is 0 Å². The zero-order valence-electron chi connectivity index (χ0n) is 9.41. The summed E-state index contributed by atoms with van der Waals surface area (Å²) in [5.74, 6) is -0.456. The summed E-state index contributed by atoms with van der Waals surface area (Å²) in [7, 11) is 1.62. The van der Waals surface area contributed by atoms with Crippen molar-refractivity contribution >= 4 is 21.8 Å². The number of nitrogens with zero attached hydrogens (tertiary/aromatic N) is 1. The van der Waals surface area contributed by atoms with Crippen LogP contribution >= 0.6 is 15.9 Å². The summed E-state index contributed by atoms with van der Waals surface area (Å²) in [5.41, 5.74) is 0.980. The van der Waals surface area contributed by atoms with E-state index in [4.69, 9.17) is 0 Å². The molecule has 1 aromatic rings. The van der Waals surface area contributed by atoms with Crippen molar-refractivity contribution in [2.24, 2.45) is 0 Å². The summed E-state index contributed by atoms with van der Waals surface area (Å²) in [6.07, 6.45) is -1.17. The van der Waals surface area contributed by atoms with E-state index in [2.05, 4.69) is 15.9 Å². The number of rotatable bonds is 4. The largest absolute Gasteiger partial charge is 0.339 e. The number of benzene rings is 1. The molecule has 2 nitrogen and oxygen atoms in total. The van der Waals surface area contributed by atoms with Crippen LogP contribution in [0.1, 0.15) is 18.9 Å². The van der Waals surface area contributed by atoms with Gasteiger partial charge in [0.15, 0.2) is 6.17 Å². The van der Waals surface area contributed by atoms with Gasteiger partial charge in [0, 0.05) is 18.1 Å². The first-order chi connectivity index (χ1) is 7.54. The SMILES string of the molecule is CCC(F)C(=O)N(C)Cc1cccc(Br)c1. The van der Waals surface area contributed by atoms with Crippen LogP contribution < -0.4 is 0 Å². The molecule has 0 aromatic heterocycles. The van der Waals surface area contributed by atoms with Crippen LogP contribution in [-0.2, 0) is 11.3 Å². The maximum absolute atomic E-state index is 13.2. The maximum atomic E-state index is 13.2. The summed E-state index contributed by atoms with van der Waals surface area (Å²) in [6.45, 7) is 2.09. The van der Waals surface area contributed by atoms with Gasteiger partial charge in [-0.3, -0.25) is 4.79 Å². The monoisotopic (exact) mass is 287 g/mol. The molecule has 0 aliphatic rings. The highest BCUT2D eigenvalue weighted by atomic mass is 79.9. The Hall–Kier alpha value is -0.900. The summed E-state index contributed by atoms with van der Waals surface area (Å²) in [6, 6.07) is 7.64. The fourth-order valence-electron chi connectivity index (χ4n) is 1.40. The minimum Gasteiger partial charge on any atom is -0.339 e. The van der Waals surface area contributed by atoms with Gasteiger partial charge in [0.1, 0.15) is 0 Å². The van der Waals surface area contributed by atoms with Crippen molar-refractivity contribution in [1.82, 2.24) is 4.90 Å². The van der Waals surface area contributed by atoms with Gasteiger partial charge < -0.3 is 4.90 Å². The number of amides is 1. The molecule has 1 amide bonds. The van der Waals surface area contributed by atoms with E-state index in [1.807, 2.05) is 24.3 Å². The number of alkyl halides is 1. The fraction of sp³-hybridized carbons (Fsp3) is 0.417. The average Bonchev–Trinajstić information content (AvgIpc) is 2.27. The molecule has 0 saturated carbocycles. The number of hydrogen-bond acceptors (Lipinski definition) is 1. The Labute approximate surface area is 104 Å². The lowest BCUT2D eigenvalue weighted by molar-refractivity contribution is -0.135. The van der Waals surface area contributed by atoms with Crippen molar-refractivity contribution in [2.45, 2.75) is 26.1 Å². The van der Waals surface area contributed by atoms with Gasteiger partial charge in [0.25, 0.3) is 5.91 Å². The number of hydrogen-bond donors (Lipinski definition) is 0. The predicted molar refractivity (Wildman–Crippen MR) is 65.8 cm³/mol. The van der Waals surface area contributed by atoms with Crippen molar-refractivity contribution in [3.8, 4) is 0 Å². The third-order valence-corrected chi connectivity index (χ3v) is 2.80. The van der Waals surface area contributed by atoms with Gasteiger partial charge in [-0.15, -0.1) is 0 Å². The van der Waals surface area contributed by atoms with E-state index in [0.717, 1.165) is 10.0 Å². The predicted octanol–water partition coefficient (Wildman–Crippen LogP) is 3.16. The van der Waals surface area contributed by atoms with E-state index in [1.165, 1.54) is 4.90 Å². The first kappa shape index (κ1) is 13.2. The van der Waals surface area contributed by atoms with Crippen molar-refractivity contribution in [1.29, 1.82) is 0 Å². The summed E-state index contributed by atoms with van der Waals surface area (Å²) >= 11 is 3.35. The summed E-state index contributed by atoms with van der Waals surface area (Å²) < 4.78 is 14.1. The lowest BCUT2D eigenvalue weighted by Gasteiger charge is -2.19. The second-order valence-electron chi connectivity index (χ2n) is 3.70. The molecule has 0 fully saturated rings. The zero-order valence-corrected chi connectivity index (χ0v) is 11.0.